The Bertz CT molecular complexity index is 344. The third-order valence-electron chi connectivity index (χ3n) is 1.97. The zero-order valence-corrected chi connectivity index (χ0v) is 8.30. The zero-order valence-electron chi connectivity index (χ0n) is 7.55. The summed E-state index contributed by atoms with van der Waals surface area (Å²) < 4.78 is 10.9. The van der Waals surface area contributed by atoms with Gasteiger partial charge in [-0.2, -0.15) is 0 Å². The number of benzene rings is 1. The van der Waals surface area contributed by atoms with E-state index in [1.807, 2.05) is 0 Å². The second-order valence-corrected chi connectivity index (χ2v) is 3.39. The number of anilines is 1. The van der Waals surface area contributed by atoms with Gasteiger partial charge in [0.1, 0.15) is 0 Å². The van der Waals surface area contributed by atoms with E-state index in [9.17, 15) is 0 Å². The summed E-state index contributed by atoms with van der Waals surface area (Å²) >= 11 is 6.00. The van der Waals surface area contributed by atoms with Crippen LogP contribution in [0.1, 0.15) is 6.42 Å². The van der Waals surface area contributed by atoms with Crippen molar-refractivity contribution >= 4 is 17.3 Å². The Balaban J connectivity index is 2.43. The molecule has 0 saturated carbocycles. The first-order chi connectivity index (χ1) is 6.81. The van der Waals surface area contributed by atoms with Crippen molar-refractivity contribution in [3.8, 4) is 11.5 Å². The molecule has 1 aliphatic heterocycles. The number of ether oxygens (including phenoxy) is 2. The van der Waals surface area contributed by atoms with Crippen molar-refractivity contribution in [3.63, 3.8) is 0 Å². The van der Waals surface area contributed by atoms with Crippen molar-refractivity contribution in [2.24, 2.45) is 5.84 Å². The fourth-order valence-electron chi connectivity index (χ4n) is 1.31. The van der Waals surface area contributed by atoms with Crippen LogP contribution in [0.15, 0.2) is 12.1 Å². The van der Waals surface area contributed by atoms with Crippen LogP contribution in [0.3, 0.4) is 0 Å². The number of nitrogen functional groups attached to an aromatic ring is 1. The van der Waals surface area contributed by atoms with Crippen LogP contribution in [0.5, 0.6) is 11.5 Å². The van der Waals surface area contributed by atoms with Crippen LogP contribution in [-0.4, -0.2) is 13.2 Å². The van der Waals surface area contributed by atoms with Crippen LogP contribution < -0.4 is 20.7 Å². The molecule has 1 aliphatic rings. The number of hydrazine groups is 1. The molecule has 5 heteroatoms. The molecule has 0 spiro atoms. The van der Waals surface area contributed by atoms with Gasteiger partial charge in [-0.15, -0.1) is 0 Å². The number of rotatable bonds is 1. The summed E-state index contributed by atoms with van der Waals surface area (Å²) in [6.07, 6.45) is 0.858. The van der Waals surface area contributed by atoms with Gasteiger partial charge in [0.2, 0.25) is 0 Å². The first kappa shape index (κ1) is 9.43. The summed E-state index contributed by atoms with van der Waals surface area (Å²) in [6, 6.07) is 3.47. The number of hydrogen-bond donors (Lipinski definition) is 2. The third-order valence-corrected chi connectivity index (χ3v) is 2.25. The van der Waals surface area contributed by atoms with E-state index in [1.165, 1.54) is 0 Å². The second kappa shape index (κ2) is 3.94. The van der Waals surface area contributed by atoms with E-state index in [4.69, 9.17) is 26.9 Å². The summed E-state index contributed by atoms with van der Waals surface area (Å²) in [5, 5.41) is 0.511. The Kier molecular flexibility index (Phi) is 2.65. The van der Waals surface area contributed by atoms with E-state index in [1.54, 1.807) is 12.1 Å². The first-order valence-corrected chi connectivity index (χ1v) is 4.75. The van der Waals surface area contributed by atoms with Gasteiger partial charge in [0.15, 0.2) is 11.5 Å². The fraction of sp³-hybridized carbons (Fsp3) is 0.333. The van der Waals surface area contributed by atoms with Gasteiger partial charge in [0.05, 0.1) is 23.9 Å². The number of hydrogen-bond acceptors (Lipinski definition) is 4. The lowest BCUT2D eigenvalue weighted by atomic mass is 10.3. The molecule has 0 saturated heterocycles. The molecule has 1 aromatic rings. The van der Waals surface area contributed by atoms with Crippen molar-refractivity contribution in [2.75, 3.05) is 18.6 Å². The maximum Gasteiger partial charge on any atom is 0.179 e. The first-order valence-electron chi connectivity index (χ1n) is 4.37. The van der Waals surface area contributed by atoms with Gasteiger partial charge in [0, 0.05) is 12.5 Å². The average Bonchev–Trinajstić information content (AvgIpc) is 2.42. The summed E-state index contributed by atoms with van der Waals surface area (Å²) in [7, 11) is 0. The van der Waals surface area contributed by atoms with Crippen molar-refractivity contribution < 1.29 is 9.47 Å². The molecular formula is C9H11ClN2O2. The van der Waals surface area contributed by atoms with Crippen molar-refractivity contribution in [1.29, 1.82) is 0 Å². The molecule has 0 atom stereocenters. The number of nitrogens with two attached hydrogens (primary N) is 1. The van der Waals surface area contributed by atoms with Crippen LogP contribution in [-0.2, 0) is 0 Å². The van der Waals surface area contributed by atoms with Gasteiger partial charge in [-0.25, -0.2) is 0 Å². The van der Waals surface area contributed by atoms with Gasteiger partial charge < -0.3 is 14.9 Å². The van der Waals surface area contributed by atoms with E-state index < -0.39 is 0 Å². The highest BCUT2D eigenvalue weighted by Gasteiger charge is 2.14. The van der Waals surface area contributed by atoms with Gasteiger partial charge in [-0.05, 0) is 6.07 Å². The Hall–Kier alpha value is -1.13. The minimum absolute atomic E-state index is 0.511. The summed E-state index contributed by atoms with van der Waals surface area (Å²) in [4.78, 5) is 0. The Morgan fingerprint density at radius 1 is 1.29 bits per heavy atom. The summed E-state index contributed by atoms with van der Waals surface area (Å²) in [5.74, 6) is 6.53. The van der Waals surface area contributed by atoms with E-state index in [0.717, 1.165) is 6.42 Å². The molecule has 76 valence electrons. The van der Waals surface area contributed by atoms with Crippen LogP contribution in [0.4, 0.5) is 5.69 Å². The van der Waals surface area contributed by atoms with Crippen molar-refractivity contribution in [1.82, 2.24) is 0 Å². The van der Waals surface area contributed by atoms with E-state index >= 15 is 0 Å². The predicted octanol–water partition coefficient (Wildman–Crippen LogP) is 1.79. The SMILES string of the molecule is NNc1cc(Cl)c2c(c1)OCCCO2. The Morgan fingerprint density at radius 3 is 2.86 bits per heavy atom. The molecule has 1 heterocycles. The van der Waals surface area contributed by atoms with Gasteiger partial charge >= 0.3 is 0 Å². The van der Waals surface area contributed by atoms with Crippen LogP contribution in [0.25, 0.3) is 0 Å². The Morgan fingerprint density at radius 2 is 2.07 bits per heavy atom. The molecule has 0 radical (unpaired) electrons. The minimum Gasteiger partial charge on any atom is -0.489 e. The molecule has 4 nitrogen and oxygen atoms in total. The predicted molar refractivity (Wildman–Crippen MR) is 54.9 cm³/mol. The molecule has 2 rings (SSSR count). The maximum atomic E-state index is 6.00. The summed E-state index contributed by atoms with van der Waals surface area (Å²) in [6.45, 7) is 1.26. The van der Waals surface area contributed by atoms with Gasteiger partial charge in [-0.1, -0.05) is 11.6 Å². The molecule has 0 amide bonds. The molecule has 1 aromatic carbocycles. The van der Waals surface area contributed by atoms with Crippen LogP contribution in [0, 0.1) is 0 Å². The zero-order chi connectivity index (χ0) is 9.97. The standard InChI is InChI=1S/C9H11ClN2O2/c10-7-4-6(12-11)5-8-9(7)14-3-1-2-13-8/h4-5,12H,1-3,11H2. The smallest absolute Gasteiger partial charge is 0.179 e. The molecule has 0 unspecified atom stereocenters. The molecule has 0 fully saturated rings. The van der Waals surface area contributed by atoms with Crippen molar-refractivity contribution in [2.45, 2.75) is 6.42 Å². The molecule has 3 N–H and O–H groups in total. The lowest BCUT2D eigenvalue weighted by Gasteiger charge is -2.10. The van der Waals surface area contributed by atoms with Crippen LogP contribution >= 0.6 is 11.6 Å². The molecule has 0 bridgehead atoms. The second-order valence-electron chi connectivity index (χ2n) is 2.98. The highest BCUT2D eigenvalue weighted by atomic mass is 35.5. The van der Waals surface area contributed by atoms with Crippen LogP contribution in [0.2, 0.25) is 5.02 Å². The number of nitrogens with one attached hydrogen (secondary N) is 1. The maximum absolute atomic E-state index is 6.00. The number of fused-ring (bicyclic) bond motifs is 1. The van der Waals surface area contributed by atoms with E-state index in [2.05, 4.69) is 5.43 Å². The summed E-state index contributed by atoms with van der Waals surface area (Å²) in [5.41, 5.74) is 3.23. The Labute approximate surface area is 86.9 Å². The molecular weight excluding hydrogens is 204 g/mol. The van der Waals surface area contributed by atoms with Crippen molar-refractivity contribution in [3.05, 3.63) is 17.2 Å². The van der Waals surface area contributed by atoms with Gasteiger partial charge in [0.25, 0.3) is 0 Å². The van der Waals surface area contributed by atoms with E-state index in [0.29, 0.717) is 35.4 Å². The highest BCUT2D eigenvalue weighted by Crippen LogP contribution is 2.39. The largest absolute Gasteiger partial charge is 0.489 e. The third kappa shape index (κ3) is 1.71. The minimum atomic E-state index is 0.511. The monoisotopic (exact) mass is 214 g/mol. The molecule has 0 aliphatic carbocycles. The number of halogens is 1. The normalized spacial score (nSPS) is 14.7. The fourth-order valence-corrected chi connectivity index (χ4v) is 1.58. The molecule has 14 heavy (non-hydrogen) atoms. The quantitative estimate of drug-likeness (QED) is 0.553. The highest BCUT2D eigenvalue weighted by molar-refractivity contribution is 6.32. The van der Waals surface area contributed by atoms with Gasteiger partial charge in [-0.3, -0.25) is 5.84 Å². The average molecular weight is 215 g/mol. The topological polar surface area (TPSA) is 56.5 Å². The lowest BCUT2D eigenvalue weighted by molar-refractivity contribution is 0.297. The van der Waals surface area contributed by atoms with E-state index in [-0.39, 0.29) is 0 Å². The lowest BCUT2D eigenvalue weighted by Crippen LogP contribution is -2.07. The molecule has 0 aromatic heterocycles.